The third kappa shape index (κ3) is 5.59. The molecule has 0 heterocycles. The van der Waals surface area contributed by atoms with Crippen molar-refractivity contribution in [1.29, 1.82) is 0 Å². The van der Waals surface area contributed by atoms with Crippen LogP contribution in [-0.4, -0.2) is 68.2 Å². The molecular formula is C22H26O10. The van der Waals surface area contributed by atoms with Crippen molar-refractivity contribution in [3.63, 3.8) is 0 Å². The quantitative estimate of drug-likeness (QED) is 0.325. The summed E-state index contributed by atoms with van der Waals surface area (Å²) in [5, 5.41) is 29.3. The predicted molar refractivity (Wildman–Crippen MR) is 112 cm³/mol. The summed E-state index contributed by atoms with van der Waals surface area (Å²) >= 11 is 0. The Morgan fingerprint density at radius 2 is 1.25 bits per heavy atom. The van der Waals surface area contributed by atoms with Crippen LogP contribution in [0.3, 0.4) is 0 Å². The third-order valence-electron chi connectivity index (χ3n) is 4.54. The highest BCUT2D eigenvalue weighted by atomic mass is 16.6. The van der Waals surface area contributed by atoms with Crippen LogP contribution in [0.5, 0.6) is 34.5 Å². The van der Waals surface area contributed by atoms with Gasteiger partial charge in [-0.15, -0.1) is 0 Å². The van der Waals surface area contributed by atoms with Crippen LogP contribution in [0, 0.1) is 0 Å². The number of methoxy groups -OCH3 is 4. The van der Waals surface area contributed by atoms with Crippen LogP contribution in [0.4, 0.5) is 0 Å². The van der Waals surface area contributed by atoms with Gasteiger partial charge in [0.05, 0.1) is 41.5 Å². The number of rotatable bonds is 12. The summed E-state index contributed by atoms with van der Waals surface area (Å²) < 4.78 is 26.1. The van der Waals surface area contributed by atoms with Crippen LogP contribution in [0.25, 0.3) is 0 Å². The number of hydrogen-bond acceptors (Lipinski definition) is 10. The van der Waals surface area contributed by atoms with E-state index in [9.17, 15) is 19.8 Å². The van der Waals surface area contributed by atoms with Crippen molar-refractivity contribution in [2.45, 2.75) is 19.1 Å². The second-order valence-electron chi connectivity index (χ2n) is 6.54. The normalized spacial score (nSPS) is 11.4. The Morgan fingerprint density at radius 3 is 1.69 bits per heavy atom. The van der Waals surface area contributed by atoms with Gasteiger partial charge in [-0.3, -0.25) is 9.59 Å². The Hall–Kier alpha value is -3.50. The zero-order chi connectivity index (χ0) is 23.8. The number of aliphatic hydroxyl groups is 2. The molecule has 0 spiro atoms. The average molecular weight is 450 g/mol. The molecule has 1 unspecified atom stereocenters. The number of hydrogen-bond donors (Lipinski definition) is 3. The number of benzene rings is 2. The monoisotopic (exact) mass is 450 g/mol. The number of ether oxygens (including phenoxy) is 5. The summed E-state index contributed by atoms with van der Waals surface area (Å²) in [7, 11) is 5.34. The molecule has 0 fully saturated rings. The number of aromatic hydroxyl groups is 1. The molecule has 0 aliphatic heterocycles. The van der Waals surface area contributed by atoms with E-state index in [4.69, 9.17) is 28.8 Å². The molecule has 32 heavy (non-hydrogen) atoms. The second-order valence-corrected chi connectivity index (χ2v) is 6.54. The summed E-state index contributed by atoms with van der Waals surface area (Å²) in [5.41, 5.74) is 0.358. The molecule has 2 aromatic carbocycles. The summed E-state index contributed by atoms with van der Waals surface area (Å²) in [4.78, 5) is 24.8. The molecule has 174 valence electrons. The Labute approximate surface area is 184 Å². The first-order chi connectivity index (χ1) is 15.3. The van der Waals surface area contributed by atoms with E-state index in [1.807, 2.05) is 0 Å². The summed E-state index contributed by atoms with van der Waals surface area (Å²) in [5.74, 6) is -0.826. The predicted octanol–water partition coefficient (Wildman–Crippen LogP) is 1.96. The zero-order valence-electron chi connectivity index (χ0n) is 18.2. The lowest BCUT2D eigenvalue weighted by molar-refractivity contribution is -0.0209. The lowest BCUT2D eigenvalue weighted by Crippen LogP contribution is -2.21. The van der Waals surface area contributed by atoms with Gasteiger partial charge in [-0.1, -0.05) is 0 Å². The molecule has 0 aliphatic rings. The van der Waals surface area contributed by atoms with E-state index >= 15 is 0 Å². The third-order valence-corrected chi connectivity index (χ3v) is 4.54. The number of aliphatic hydroxyl groups excluding tert-OH is 2. The Morgan fingerprint density at radius 1 is 0.812 bits per heavy atom. The number of carbonyl (C=O) groups is 2. The maximum absolute atomic E-state index is 12.7. The van der Waals surface area contributed by atoms with Crippen LogP contribution in [0.1, 0.15) is 33.6 Å². The lowest BCUT2D eigenvalue weighted by atomic mass is 10.1. The molecule has 0 amide bonds. The molecule has 0 saturated heterocycles. The van der Waals surface area contributed by atoms with Gasteiger partial charge in [-0.05, 0) is 24.3 Å². The van der Waals surface area contributed by atoms with Gasteiger partial charge in [0.15, 0.2) is 34.6 Å². The van der Waals surface area contributed by atoms with E-state index < -0.39 is 18.5 Å². The molecule has 0 aliphatic carbocycles. The minimum Gasteiger partial charge on any atom is -0.502 e. The first kappa shape index (κ1) is 24.8. The highest BCUT2D eigenvalue weighted by molar-refractivity contribution is 5.98. The standard InChI is InChI=1S/C22H26O10/c1-28-16-7-13(8-17(29-2)21(16)27)15(25)11-20(26)32-22-18(30-3)9-12(10-19(22)31-4)14(24)5-6-23/h7-10,20,23,26-27H,5-6,11H2,1-4H3. The van der Waals surface area contributed by atoms with Crippen LogP contribution < -0.4 is 23.7 Å². The first-order valence-corrected chi connectivity index (χ1v) is 9.52. The molecule has 3 N–H and O–H groups in total. The van der Waals surface area contributed by atoms with Crippen molar-refractivity contribution < 1.29 is 48.6 Å². The van der Waals surface area contributed by atoms with Crippen LogP contribution >= 0.6 is 0 Å². The van der Waals surface area contributed by atoms with Gasteiger partial charge in [-0.25, -0.2) is 0 Å². The summed E-state index contributed by atoms with van der Waals surface area (Å²) in [6.45, 7) is -0.310. The summed E-state index contributed by atoms with van der Waals surface area (Å²) in [6.07, 6.45) is -2.12. The first-order valence-electron chi connectivity index (χ1n) is 9.52. The lowest BCUT2D eigenvalue weighted by Gasteiger charge is -2.19. The molecule has 10 heteroatoms. The second kappa shape index (κ2) is 11.2. The van der Waals surface area contributed by atoms with Gasteiger partial charge >= 0.3 is 0 Å². The van der Waals surface area contributed by atoms with Crippen molar-refractivity contribution in [2.75, 3.05) is 35.0 Å². The number of Topliss-reactive ketones (excluding diaryl/α,β-unsaturated/α-hetero) is 2. The SMILES string of the molecule is COc1cc(C(=O)CC(O)Oc2c(OC)cc(C(=O)CCO)cc2OC)cc(OC)c1O. The van der Waals surface area contributed by atoms with Crippen LogP contribution in [-0.2, 0) is 0 Å². The Kier molecular flexibility index (Phi) is 8.68. The summed E-state index contributed by atoms with van der Waals surface area (Å²) in [6, 6.07) is 5.41. The van der Waals surface area contributed by atoms with Crippen molar-refractivity contribution >= 4 is 11.6 Å². The fraction of sp³-hybridized carbons (Fsp3) is 0.364. The number of phenolic OH excluding ortho intramolecular Hbond substituents is 1. The van der Waals surface area contributed by atoms with Gasteiger partial charge in [0.1, 0.15) is 0 Å². The van der Waals surface area contributed by atoms with E-state index in [0.717, 1.165) is 0 Å². The van der Waals surface area contributed by atoms with E-state index in [1.54, 1.807) is 0 Å². The van der Waals surface area contributed by atoms with Crippen molar-refractivity contribution in [3.05, 3.63) is 35.4 Å². The van der Waals surface area contributed by atoms with Gasteiger partial charge in [0.25, 0.3) is 0 Å². The molecule has 1 atom stereocenters. The van der Waals surface area contributed by atoms with Gasteiger partial charge in [0, 0.05) is 17.5 Å². The molecule has 0 saturated carbocycles. The Balaban J connectivity index is 2.26. The van der Waals surface area contributed by atoms with E-state index in [-0.39, 0.29) is 64.4 Å². The molecule has 2 aromatic rings. The molecule has 0 radical (unpaired) electrons. The van der Waals surface area contributed by atoms with Gasteiger partial charge in [0.2, 0.25) is 17.8 Å². The van der Waals surface area contributed by atoms with Crippen molar-refractivity contribution in [1.82, 2.24) is 0 Å². The van der Waals surface area contributed by atoms with E-state index in [1.165, 1.54) is 52.7 Å². The Bertz CT molecular complexity index is 919. The van der Waals surface area contributed by atoms with Crippen LogP contribution in [0.15, 0.2) is 24.3 Å². The van der Waals surface area contributed by atoms with E-state index in [0.29, 0.717) is 0 Å². The molecule has 0 aromatic heterocycles. The van der Waals surface area contributed by atoms with E-state index in [2.05, 4.69) is 0 Å². The molecule has 2 rings (SSSR count). The van der Waals surface area contributed by atoms with Crippen LogP contribution in [0.2, 0.25) is 0 Å². The van der Waals surface area contributed by atoms with Gasteiger partial charge < -0.3 is 39.0 Å². The zero-order valence-corrected chi connectivity index (χ0v) is 18.2. The maximum Gasteiger partial charge on any atom is 0.206 e. The number of ketones is 2. The topological polar surface area (TPSA) is 141 Å². The smallest absolute Gasteiger partial charge is 0.206 e. The fourth-order valence-corrected chi connectivity index (χ4v) is 2.91. The maximum atomic E-state index is 12.7. The molecule has 0 bridgehead atoms. The highest BCUT2D eigenvalue weighted by Gasteiger charge is 2.23. The van der Waals surface area contributed by atoms with Gasteiger partial charge in [-0.2, -0.15) is 0 Å². The van der Waals surface area contributed by atoms with Crippen molar-refractivity contribution in [2.24, 2.45) is 0 Å². The minimum atomic E-state index is -1.59. The molecule has 10 nitrogen and oxygen atoms in total. The van der Waals surface area contributed by atoms with Crippen molar-refractivity contribution in [3.8, 4) is 34.5 Å². The molecular weight excluding hydrogens is 424 g/mol. The largest absolute Gasteiger partial charge is 0.502 e. The average Bonchev–Trinajstić information content (AvgIpc) is 2.79. The minimum absolute atomic E-state index is 0.00304. The number of phenols is 1. The fourth-order valence-electron chi connectivity index (χ4n) is 2.91. The number of carbonyl (C=O) groups excluding carboxylic acids is 2. The highest BCUT2D eigenvalue weighted by Crippen LogP contribution is 2.40.